The summed E-state index contributed by atoms with van der Waals surface area (Å²) in [6, 6.07) is 9.72. The lowest BCUT2D eigenvalue weighted by Gasteiger charge is -2.26. The van der Waals surface area contributed by atoms with Gasteiger partial charge in [-0.25, -0.2) is 4.99 Å². The van der Waals surface area contributed by atoms with Crippen molar-refractivity contribution in [3.05, 3.63) is 23.8 Å². The Labute approximate surface area is 150 Å². The molecule has 0 amide bonds. The van der Waals surface area contributed by atoms with Gasteiger partial charge < -0.3 is 24.7 Å². The quantitative estimate of drug-likeness (QED) is 0.867. The van der Waals surface area contributed by atoms with Gasteiger partial charge in [0, 0.05) is 17.5 Å². The summed E-state index contributed by atoms with van der Waals surface area (Å²) in [5, 5.41) is 20.1. The number of nitriles is 2. The van der Waals surface area contributed by atoms with Crippen LogP contribution in [-0.4, -0.2) is 38.7 Å². The second kappa shape index (κ2) is 5.10. The monoisotopic (exact) mass is 354 g/mol. The van der Waals surface area contributed by atoms with Gasteiger partial charge in [-0.2, -0.15) is 10.5 Å². The number of rotatable bonds is 3. The van der Waals surface area contributed by atoms with Gasteiger partial charge in [-0.05, 0) is 13.0 Å². The van der Waals surface area contributed by atoms with Crippen LogP contribution in [0.2, 0.25) is 0 Å². The molecule has 3 aliphatic rings. The van der Waals surface area contributed by atoms with E-state index in [1.165, 1.54) is 7.11 Å². The van der Waals surface area contributed by atoms with Crippen molar-refractivity contribution in [3.63, 3.8) is 0 Å². The summed E-state index contributed by atoms with van der Waals surface area (Å²) in [6.07, 6.45) is -0.259. The van der Waals surface area contributed by atoms with Crippen LogP contribution >= 0.6 is 0 Å². The molecule has 1 saturated carbocycles. The first-order valence-electron chi connectivity index (χ1n) is 8.18. The van der Waals surface area contributed by atoms with Crippen molar-refractivity contribution in [3.8, 4) is 23.6 Å². The smallest absolute Gasteiger partial charge is 0.293 e. The highest BCUT2D eigenvalue weighted by Gasteiger charge is 2.94. The molecule has 4 rings (SSSR count). The third kappa shape index (κ3) is 1.57. The highest BCUT2D eigenvalue weighted by Crippen LogP contribution is 2.83. The fraction of sp³-hybridized carbons (Fsp3) is 0.500. The van der Waals surface area contributed by atoms with E-state index in [0.29, 0.717) is 17.1 Å². The summed E-state index contributed by atoms with van der Waals surface area (Å²) in [7, 11) is 3.07. The zero-order valence-electron chi connectivity index (χ0n) is 14.6. The van der Waals surface area contributed by atoms with Crippen LogP contribution in [0.1, 0.15) is 18.4 Å². The van der Waals surface area contributed by atoms with Crippen LogP contribution in [0.25, 0.3) is 0 Å². The lowest BCUT2D eigenvalue weighted by Crippen LogP contribution is -2.39. The summed E-state index contributed by atoms with van der Waals surface area (Å²) in [4.78, 5) is 4.29. The molecule has 134 valence electrons. The minimum atomic E-state index is -1.57. The van der Waals surface area contributed by atoms with Gasteiger partial charge in [0.1, 0.15) is 22.7 Å². The molecular weight excluding hydrogens is 336 g/mol. The zero-order chi connectivity index (χ0) is 18.7. The van der Waals surface area contributed by atoms with Crippen LogP contribution < -0.4 is 15.2 Å². The van der Waals surface area contributed by atoms with E-state index in [1.54, 1.807) is 25.3 Å². The maximum atomic E-state index is 10.1. The van der Waals surface area contributed by atoms with Gasteiger partial charge in [0.2, 0.25) is 0 Å². The zero-order valence-corrected chi connectivity index (χ0v) is 14.6. The third-order valence-corrected chi connectivity index (χ3v) is 5.55. The normalized spacial score (nSPS) is 39.7. The van der Waals surface area contributed by atoms with Crippen LogP contribution in [0, 0.1) is 33.5 Å². The molecule has 1 aromatic carbocycles. The third-order valence-electron chi connectivity index (χ3n) is 5.55. The second-order valence-corrected chi connectivity index (χ2v) is 6.70. The molecule has 2 N–H and O–H groups in total. The number of ether oxygens (including phenoxy) is 4. The Morgan fingerprint density at radius 1 is 1.27 bits per heavy atom. The molecular formula is C18H18N4O4. The molecule has 2 heterocycles. The van der Waals surface area contributed by atoms with E-state index < -0.39 is 22.7 Å². The van der Waals surface area contributed by atoms with Crippen LogP contribution in [-0.2, 0) is 9.47 Å². The molecule has 0 radical (unpaired) electrons. The Balaban J connectivity index is 1.91. The fourth-order valence-corrected chi connectivity index (χ4v) is 4.38. The molecule has 5 atom stereocenters. The van der Waals surface area contributed by atoms with E-state index in [-0.39, 0.29) is 18.5 Å². The summed E-state index contributed by atoms with van der Waals surface area (Å²) >= 11 is 0. The maximum absolute atomic E-state index is 10.1. The molecule has 1 saturated heterocycles. The highest BCUT2D eigenvalue weighted by atomic mass is 16.8. The van der Waals surface area contributed by atoms with Crippen molar-refractivity contribution in [1.82, 2.24) is 0 Å². The van der Waals surface area contributed by atoms with Crippen LogP contribution in [0.15, 0.2) is 23.2 Å². The maximum Gasteiger partial charge on any atom is 0.293 e. The number of nitrogens with two attached hydrogens (primary N) is 1. The Hall–Kier alpha value is -2.81. The molecule has 1 aliphatic carbocycles. The van der Waals surface area contributed by atoms with Crippen LogP contribution in [0.3, 0.4) is 0 Å². The van der Waals surface area contributed by atoms with Gasteiger partial charge in [0.05, 0.1) is 39.1 Å². The number of benzene rings is 1. The minimum absolute atomic E-state index is 0.0542. The molecule has 0 unspecified atom stereocenters. The van der Waals surface area contributed by atoms with E-state index in [0.717, 1.165) is 0 Å². The molecule has 8 heteroatoms. The summed E-state index contributed by atoms with van der Waals surface area (Å²) in [6.45, 7) is 2.09. The molecule has 1 aromatic rings. The summed E-state index contributed by atoms with van der Waals surface area (Å²) < 4.78 is 22.4. The number of methoxy groups -OCH3 is 2. The fourth-order valence-electron chi connectivity index (χ4n) is 4.38. The largest absolute Gasteiger partial charge is 0.497 e. The van der Waals surface area contributed by atoms with Gasteiger partial charge in [-0.1, -0.05) is 6.07 Å². The van der Waals surface area contributed by atoms with E-state index in [2.05, 4.69) is 17.1 Å². The number of aliphatic imine (C=N–C) groups is 1. The predicted molar refractivity (Wildman–Crippen MR) is 89.2 cm³/mol. The summed E-state index contributed by atoms with van der Waals surface area (Å²) in [5.41, 5.74) is 4.12. The molecule has 0 bridgehead atoms. The van der Waals surface area contributed by atoms with E-state index >= 15 is 0 Å². The first kappa shape index (κ1) is 16.6. The first-order chi connectivity index (χ1) is 12.5. The predicted octanol–water partition coefficient (Wildman–Crippen LogP) is 1.28. The SMILES string of the molecule is COc1ccc([C@H]2[C@@]3(C#N)[C@]4(N=C(N)[C@@]23C#N)OC[C@H](C)O4)c(OC)c1. The van der Waals surface area contributed by atoms with Crippen molar-refractivity contribution >= 4 is 5.84 Å². The Bertz CT molecular complexity index is 903. The number of fused-ring (bicyclic) bond motifs is 2. The first-order valence-corrected chi connectivity index (χ1v) is 8.18. The van der Waals surface area contributed by atoms with E-state index in [9.17, 15) is 10.5 Å². The highest BCUT2D eigenvalue weighted by molar-refractivity contribution is 6.00. The molecule has 8 nitrogen and oxygen atoms in total. The lowest BCUT2D eigenvalue weighted by atomic mass is 9.93. The average molecular weight is 354 g/mol. The van der Waals surface area contributed by atoms with Crippen LogP contribution in [0.4, 0.5) is 0 Å². The van der Waals surface area contributed by atoms with Gasteiger partial charge in [0.15, 0.2) is 5.41 Å². The van der Waals surface area contributed by atoms with Gasteiger partial charge in [0.25, 0.3) is 5.91 Å². The second-order valence-electron chi connectivity index (χ2n) is 6.70. The molecule has 1 spiro atoms. The minimum Gasteiger partial charge on any atom is -0.497 e. The van der Waals surface area contributed by atoms with E-state index in [4.69, 9.17) is 24.7 Å². The number of amidine groups is 1. The van der Waals surface area contributed by atoms with Gasteiger partial charge in [-0.15, -0.1) is 0 Å². The number of nitrogens with zero attached hydrogens (tertiary/aromatic N) is 3. The van der Waals surface area contributed by atoms with Crippen molar-refractivity contribution in [2.45, 2.75) is 24.9 Å². The van der Waals surface area contributed by atoms with Gasteiger partial charge >= 0.3 is 0 Å². The number of hydrogen-bond donors (Lipinski definition) is 1. The van der Waals surface area contributed by atoms with Crippen molar-refractivity contribution in [2.24, 2.45) is 21.6 Å². The topological polar surface area (TPSA) is 123 Å². The Morgan fingerprint density at radius 2 is 2.04 bits per heavy atom. The van der Waals surface area contributed by atoms with Crippen molar-refractivity contribution in [2.75, 3.05) is 20.8 Å². The standard InChI is InChI=1S/C18H18N4O4/c1-10-7-25-18(26-10)17(9-20)14(16(17,8-19)15(21)22-18)12-5-4-11(23-2)6-13(12)24-3/h4-6,10,14H,7H2,1-3H3,(H2,21,22)/t10-,14+,16+,17+,18-/m0/s1. The number of hydrogen-bond acceptors (Lipinski definition) is 8. The lowest BCUT2D eigenvalue weighted by molar-refractivity contribution is -0.193. The Morgan fingerprint density at radius 3 is 2.58 bits per heavy atom. The average Bonchev–Trinajstić information content (AvgIpc) is 3.04. The molecule has 0 aromatic heterocycles. The molecule has 26 heavy (non-hydrogen) atoms. The molecule has 2 aliphatic heterocycles. The van der Waals surface area contributed by atoms with Crippen LogP contribution in [0.5, 0.6) is 11.5 Å². The van der Waals surface area contributed by atoms with Crippen molar-refractivity contribution in [1.29, 1.82) is 10.5 Å². The summed E-state index contributed by atoms with van der Waals surface area (Å²) in [5.74, 6) is -1.00. The Kier molecular flexibility index (Phi) is 3.27. The van der Waals surface area contributed by atoms with E-state index in [1.807, 2.05) is 6.92 Å². The van der Waals surface area contributed by atoms with Gasteiger partial charge in [-0.3, -0.25) is 0 Å². The molecule has 2 fully saturated rings. The van der Waals surface area contributed by atoms with Crippen molar-refractivity contribution < 1.29 is 18.9 Å².